The number of nitrogens with one attached hydrogen (secondary N) is 1. The molecule has 138 valence electrons. The van der Waals surface area contributed by atoms with Crippen molar-refractivity contribution in [2.75, 3.05) is 13.6 Å². The third-order valence-corrected chi connectivity index (χ3v) is 5.57. The van der Waals surface area contributed by atoms with Crippen LogP contribution in [0.3, 0.4) is 0 Å². The molecule has 0 spiro atoms. The Hall–Kier alpha value is -2.23. The zero-order valence-electron chi connectivity index (χ0n) is 15.5. The number of benzene rings is 1. The normalized spacial score (nSPS) is 21.0. The average Bonchev–Trinajstić information content (AvgIpc) is 3.54. The van der Waals surface area contributed by atoms with Gasteiger partial charge in [-0.25, -0.2) is 0 Å². The number of hydrogen-bond acceptors (Lipinski definition) is 3. The highest BCUT2D eigenvalue weighted by atomic mass is 16.5. The van der Waals surface area contributed by atoms with E-state index < -0.39 is 0 Å². The first kappa shape index (κ1) is 17.2. The molecule has 0 atom stereocenters. The third-order valence-electron chi connectivity index (χ3n) is 5.57. The fraction of sp³-hybridized carbons (Fsp3) is 0.500. The summed E-state index contributed by atoms with van der Waals surface area (Å²) in [6.45, 7) is 0.649. The van der Waals surface area contributed by atoms with Crippen LogP contribution in [0.25, 0.3) is 5.57 Å². The van der Waals surface area contributed by atoms with Gasteiger partial charge < -0.3 is 15.0 Å². The summed E-state index contributed by atoms with van der Waals surface area (Å²) in [4.78, 5) is 14.1. The topological polar surface area (TPSA) is 41.6 Å². The second-order valence-electron chi connectivity index (χ2n) is 7.58. The number of hydrogen-bond donors (Lipinski definition) is 1. The van der Waals surface area contributed by atoms with Gasteiger partial charge in [-0.15, -0.1) is 0 Å². The Bertz CT molecular complexity index is 710. The first-order valence-electron chi connectivity index (χ1n) is 9.92. The van der Waals surface area contributed by atoms with Crippen molar-refractivity contribution in [2.45, 2.75) is 51.0 Å². The summed E-state index contributed by atoms with van der Waals surface area (Å²) in [6, 6.07) is 8.38. The number of carbonyl (C=O) groups is 1. The van der Waals surface area contributed by atoms with Gasteiger partial charge in [0.05, 0.1) is 11.8 Å². The lowest BCUT2D eigenvalue weighted by molar-refractivity contribution is -0.129. The molecule has 2 fully saturated rings. The lowest BCUT2D eigenvalue weighted by Gasteiger charge is -2.26. The predicted molar refractivity (Wildman–Crippen MR) is 103 cm³/mol. The van der Waals surface area contributed by atoms with Crippen molar-refractivity contribution in [3.8, 4) is 5.75 Å². The maximum Gasteiger partial charge on any atom is 0.229 e. The molecule has 1 aromatic rings. The summed E-state index contributed by atoms with van der Waals surface area (Å²) in [7, 11) is 1.91. The predicted octanol–water partition coefficient (Wildman–Crippen LogP) is 4.09. The summed E-state index contributed by atoms with van der Waals surface area (Å²) < 4.78 is 6.13. The quantitative estimate of drug-likeness (QED) is 0.868. The van der Waals surface area contributed by atoms with E-state index in [2.05, 4.69) is 35.7 Å². The van der Waals surface area contributed by atoms with Crippen LogP contribution >= 0.6 is 0 Å². The first-order chi connectivity index (χ1) is 12.7. The minimum absolute atomic E-state index is 0.246. The fourth-order valence-corrected chi connectivity index (χ4v) is 3.86. The monoisotopic (exact) mass is 352 g/mol. The SMILES string of the molecule is CNC1=CN(C(=O)C2CC2)CC=C1c1ccc(OC2CCCCC2)cc1. The molecular weight excluding hydrogens is 324 g/mol. The van der Waals surface area contributed by atoms with E-state index in [9.17, 15) is 4.79 Å². The highest BCUT2D eigenvalue weighted by molar-refractivity contribution is 5.86. The van der Waals surface area contributed by atoms with Gasteiger partial charge in [-0.2, -0.15) is 0 Å². The van der Waals surface area contributed by atoms with Crippen molar-refractivity contribution in [3.63, 3.8) is 0 Å². The number of rotatable bonds is 5. The highest BCUT2D eigenvalue weighted by Gasteiger charge is 2.33. The molecule has 2 aliphatic carbocycles. The van der Waals surface area contributed by atoms with Gasteiger partial charge in [0.15, 0.2) is 0 Å². The molecule has 3 aliphatic rings. The Morgan fingerprint density at radius 2 is 1.81 bits per heavy atom. The largest absolute Gasteiger partial charge is 0.490 e. The summed E-state index contributed by atoms with van der Waals surface area (Å²) in [5, 5.41) is 3.24. The zero-order valence-corrected chi connectivity index (χ0v) is 15.5. The fourth-order valence-electron chi connectivity index (χ4n) is 3.86. The minimum atomic E-state index is 0.246. The van der Waals surface area contributed by atoms with Crippen molar-refractivity contribution < 1.29 is 9.53 Å². The van der Waals surface area contributed by atoms with Gasteiger partial charge in [0.25, 0.3) is 0 Å². The molecule has 0 aromatic heterocycles. The molecule has 0 unspecified atom stereocenters. The van der Waals surface area contributed by atoms with Crippen molar-refractivity contribution >= 4 is 11.5 Å². The van der Waals surface area contributed by atoms with Crippen LogP contribution < -0.4 is 10.1 Å². The molecule has 4 rings (SSSR count). The molecule has 26 heavy (non-hydrogen) atoms. The number of ether oxygens (including phenoxy) is 1. The minimum Gasteiger partial charge on any atom is -0.490 e. The van der Waals surface area contributed by atoms with E-state index >= 15 is 0 Å². The molecule has 0 bridgehead atoms. The average molecular weight is 352 g/mol. The number of carbonyl (C=O) groups excluding carboxylic acids is 1. The molecular formula is C22H28N2O2. The van der Waals surface area contributed by atoms with Gasteiger partial charge in [0.2, 0.25) is 5.91 Å². The molecule has 1 N–H and O–H groups in total. The molecule has 0 radical (unpaired) electrons. The number of amides is 1. The summed E-state index contributed by atoms with van der Waals surface area (Å²) in [6.07, 6.45) is 12.8. The van der Waals surface area contributed by atoms with Gasteiger partial charge in [0, 0.05) is 31.3 Å². The Morgan fingerprint density at radius 3 is 2.46 bits per heavy atom. The summed E-state index contributed by atoms with van der Waals surface area (Å²) >= 11 is 0. The lowest BCUT2D eigenvalue weighted by Crippen LogP contribution is -2.31. The van der Waals surface area contributed by atoms with Crippen LogP contribution in [0.4, 0.5) is 0 Å². The van der Waals surface area contributed by atoms with Gasteiger partial charge >= 0.3 is 0 Å². The van der Waals surface area contributed by atoms with E-state index in [1.807, 2.05) is 18.1 Å². The number of allylic oxidation sites excluding steroid dienone is 1. The summed E-state index contributed by atoms with van der Waals surface area (Å²) in [5.74, 6) is 1.46. The van der Waals surface area contributed by atoms with Gasteiger partial charge in [0.1, 0.15) is 5.75 Å². The van der Waals surface area contributed by atoms with E-state index in [1.165, 1.54) is 32.1 Å². The Balaban J connectivity index is 1.44. The Morgan fingerprint density at radius 1 is 1.08 bits per heavy atom. The number of nitrogens with zero attached hydrogens (tertiary/aromatic N) is 1. The van der Waals surface area contributed by atoms with E-state index in [-0.39, 0.29) is 11.8 Å². The van der Waals surface area contributed by atoms with Crippen LogP contribution in [0.1, 0.15) is 50.5 Å². The molecule has 2 saturated carbocycles. The Kier molecular flexibility index (Phi) is 5.00. The van der Waals surface area contributed by atoms with E-state index in [0.717, 1.165) is 35.4 Å². The maximum atomic E-state index is 12.3. The van der Waals surface area contributed by atoms with Crippen LogP contribution in [0.5, 0.6) is 5.75 Å². The number of likely N-dealkylation sites (N-methyl/N-ethyl adjacent to an activating group) is 1. The zero-order chi connectivity index (χ0) is 17.9. The molecule has 0 saturated heterocycles. The van der Waals surface area contributed by atoms with Crippen molar-refractivity contribution in [3.05, 3.63) is 47.8 Å². The highest BCUT2D eigenvalue weighted by Crippen LogP contribution is 2.33. The molecule has 1 aromatic carbocycles. The van der Waals surface area contributed by atoms with Crippen molar-refractivity contribution in [1.29, 1.82) is 0 Å². The Labute approximate surface area is 155 Å². The van der Waals surface area contributed by atoms with Crippen LogP contribution in [0.15, 0.2) is 42.2 Å². The second-order valence-corrected chi connectivity index (χ2v) is 7.58. The maximum absolute atomic E-state index is 12.3. The first-order valence-corrected chi connectivity index (χ1v) is 9.92. The molecule has 1 aliphatic heterocycles. The standard InChI is InChI=1S/C22H28N2O2/c1-23-21-15-24(22(25)17-7-8-17)14-13-20(21)16-9-11-19(12-10-16)26-18-5-3-2-4-6-18/h9-13,15,17-18,23H,2-8,14H2,1H3. The molecule has 4 heteroatoms. The van der Waals surface area contributed by atoms with Crippen LogP contribution in [-0.2, 0) is 4.79 Å². The molecule has 1 amide bonds. The smallest absolute Gasteiger partial charge is 0.229 e. The third kappa shape index (κ3) is 3.79. The molecule has 4 nitrogen and oxygen atoms in total. The summed E-state index contributed by atoms with van der Waals surface area (Å²) in [5.41, 5.74) is 3.29. The van der Waals surface area contributed by atoms with Crippen LogP contribution in [0.2, 0.25) is 0 Å². The van der Waals surface area contributed by atoms with Gasteiger partial charge in [-0.3, -0.25) is 4.79 Å². The second kappa shape index (κ2) is 7.56. The van der Waals surface area contributed by atoms with E-state index in [0.29, 0.717) is 12.6 Å². The van der Waals surface area contributed by atoms with Gasteiger partial charge in [-0.05, 0) is 56.2 Å². The van der Waals surface area contributed by atoms with E-state index in [4.69, 9.17) is 4.74 Å². The van der Waals surface area contributed by atoms with Crippen LogP contribution in [0, 0.1) is 5.92 Å². The lowest BCUT2D eigenvalue weighted by atomic mass is 9.97. The van der Waals surface area contributed by atoms with Crippen molar-refractivity contribution in [2.24, 2.45) is 5.92 Å². The van der Waals surface area contributed by atoms with E-state index in [1.54, 1.807) is 0 Å². The molecule has 1 heterocycles. The van der Waals surface area contributed by atoms with Gasteiger partial charge in [-0.1, -0.05) is 24.6 Å². The van der Waals surface area contributed by atoms with Crippen LogP contribution in [-0.4, -0.2) is 30.5 Å². The van der Waals surface area contributed by atoms with Crippen molar-refractivity contribution in [1.82, 2.24) is 10.2 Å².